The molecule has 1 aliphatic heterocycles. The molecular weight excluding hydrogens is 290 g/mol. The van der Waals surface area contributed by atoms with Gasteiger partial charge in [0.15, 0.2) is 0 Å². The minimum atomic E-state index is 0.582. The molecule has 1 saturated carbocycles. The molecule has 2 heterocycles. The van der Waals surface area contributed by atoms with Crippen LogP contribution in [0.25, 0.3) is 0 Å². The molecule has 0 unspecified atom stereocenters. The molecule has 1 aromatic carbocycles. The van der Waals surface area contributed by atoms with Crippen LogP contribution in [0, 0.1) is 0 Å². The zero-order valence-electron chi connectivity index (χ0n) is 13.0. The van der Waals surface area contributed by atoms with Crippen LogP contribution in [0.1, 0.15) is 12.8 Å². The molecule has 4 rings (SSSR count). The van der Waals surface area contributed by atoms with Crippen molar-refractivity contribution in [2.75, 3.05) is 41.8 Å². The SMILES string of the molecule is c1ccc(N2CCOCC2)c(Nc2cc(NC3CC3)ncn2)c1. The van der Waals surface area contributed by atoms with Crippen molar-refractivity contribution in [2.45, 2.75) is 18.9 Å². The molecule has 6 nitrogen and oxygen atoms in total. The Hall–Kier alpha value is -2.34. The van der Waals surface area contributed by atoms with Crippen molar-refractivity contribution < 1.29 is 4.74 Å². The molecule has 2 N–H and O–H groups in total. The van der Waals surface area contributed by atoms with Gasteiger partial charge in [-0.2, -0.15) is 0 Å². The summed E-state index contributed by atoms with van der Waals surface area (Å²) in [7, 11) is 0. The Morgan fingerprint density at radius 3 is 2.65 bits per heavy atom. The summed E-state index contributed by atoms with van der Waals surface area (Å²) in [6.07, 6.45) is 4.06. The van der Waals surface area contributed by atoms with Crippen molar-refractivity contribution in [1.29, 1.82) is 0 Å². The minimum absolute atomic E-state index is 0.582. The van der Waals surface area contributed by atoms with Crippen LogP contribution in [-0.4, -0.2) is 42.3 Å². The zero-order valence-corrected chi connectivity index (χ0v) is 13.0. The smallest absolute Gasteiger partial charge is 0.135 e. The molecule has 2 fully saturated rings. The first-order valence-electron chi connectivity index (χ1n) is 8.16. The summed E-state index contributed by atoms with van der Waals surface area (Å²) < 4.78 is 5.45. The molecule has 2 aromatic rings. The summed E-state index contributed by atoms with van der Waals surface area (Å²) in [5.41, 5.74) is 2.25. The second kappa shape index (κ2) is 6.42. The van der Waals surface area contributed by atoms with E-state index in [1.54, 1.807) is 6.33 Å². The molecule has 0 amide bonds. The van der Waals surface area contributed by atoms with Gasteiger partial charge in [-0.1, -0.05) is 12.1 Å². The highest BCUT2D eigenvalue weighted by Crippen LogP contribution is 2.29. The fourth-order valence-electron chi connectivity index (χ4n) is 2.74. The van der Waals surface area contributed by atoms with Crippen molar-refractivity contribution in [3.63, 3.8) is 0 Å². The number of anilines is 4. The third-order valence-corrected chi connectivity index (χ3v) is 4.11. The zero-order chi connectivity index (χ0) is 15.5. The van der Waals surface area contributed by atoms with Crippen LogP contribution in [0.5, 0.6) is 0 Å². The lowest BCUT2D eigenvalue weighted by atomic mass is 10.2. The van der Waals surface area contributed by atoms with Gasteiger partial charge < -0.3 is 20.3 Å². The van der Waals surface area contributed by atoms with E-state index in [2.05, 4.69) is 43.7 Å². The number of nitrogens with one attached hydrogen (secondary N) is 2. The molecule has 0 spiro atoms. The van der Waals surface area contributed by atoms with Crippen LogP contribution >= 0.6 is 0 Å². The Kier molecular flexibility index (Phi) is 3.98. The van der Waals surface area contributed by atoms with E-state index >= 15 is 0 Å². The normalized spacial score (nSPS) is 17.8. The maximum atomic E-state index is 5.45. The van der Waals surface area contributed by atoms with Gasteiger partial charge in [-0.15, -0.1) is 0 Å². The fourth-order valence-corrected chi connectivity index (χ4v) is 2.74. The van der Waals surface area contributed by atoms with Crippen LogP contribution in [0.15, 0.2) is 36.7 Å². The van der Waals surface area contributed by atoms with Gasteiger partial charge in [-0.25, -0.2) is 9.97 Å². The number of nitrogens with zero attached hydrogens (tertiary/aromatic N) is 3. The average Bonchev–Trinajstić information content (AvgIpc) is 3.41. The van der Waals surface area contributed by atoms with Gasteiger partial charge in [0.2, 0.25) is 0 Å². The molecule has 0 radical (unpaired) electrons. The van der Waals surface area contributed by atoms with Crippen LogP contribution in [0.4, 0.5) is 23.0 Å². The molecular formula is C17H21N5O. The van der Waals surface area contributed by atoms with Gasteiger partial charge in [0.1, 0.15) is 18.0 Å². The van der Waals surface area contributed by atoms with Crippen molar-refractivity contribution >= 4 is 23.0 Å². The summed E-state index contributed by atoms with van der Waals surface area (Å²) in [6.45, 7) is 3.38. The topological polar surface area (TPSA) is 62.3 Å². The van der Waals surface area contributed by atoms with Crippen molar-refractivity contribution in [1.82, 2.24) is 9.97 Å². The van der Waals surface area contributed by atoms with E-state index in [4.69, 9.17) is 4.74 Å². The monoisotopic (exact) mass is 311 g/mol. The van der Waals surface area contributed by atoms with Gasteiger partial charge in [0.05, 0.1) is 24.6 Å². The average molecular weight is 311 g/mol. The Bertz CT molecular complexity index is 668. The lowest BCUT2D eigenvalue weighted by molar-refractivity contribution is 0.123. The number of para-hydroxylation sites is 2. The lowest BCUT2D eigenvalue weighted by Gasteiger charge is -2.30. The van der Waals surface area contributed by atoms with Crippen LogP contribution in [0.3, 0.4) is 0 Å². The van der Waals surface area contributed by atoms with E-state index in [1.807, 2.05) is 12.1 Å². The first-order valence-corrected chi connectivity index (χ1v) is 8.16. The van der Waals surface area contributed by atoms with Crippen molar-refractivity contribution in [2.24, 2.45) is 0 Å². The van der Waals surface area contributed by atoms with Crippen LogP contribution < -0.4 is 15.5 Å². The standard InChI is InChI=1S/C17H21N5O/c1-2-4-15(22-7-9-23-10-8-22)14(3-1)21-17-11-16(18-12-19-17)20-13-5-6-13/h1-4,11-13H,5-10H2,(H2,18,19,20,21). The van der Waals surface area contributed by atoms with Crippen LogP contribution in [0.2, 0.25) is 0 Å². The van der Waals surface area contributed by atoms with E-state index in [0.29, 0.717) is 6.04 Å². The molecule has 0 atom stereocenters. The highest BCUT2D eigenvalue weighted by Gasteiger charge is 2.21. The van der Waals surface area contributed by atoms with Gasteiger partial charge in [-0.05, 0) is 25.0 Å². The molecule has 1 saturated heterocycles. The molecule has 1 aliphatic carbocycles. The quantitative estimate of drug-likeness (QED) is 0.885. The van der Waals surface area contributed by atoms with Crippen LogP contribution in [-0.2, 0) is 4.74 Å². The van der Waals surface area contributed by atoms with E-state index < -0.39 is 0 Å². The van der Waals surface area contributed by atoms with E-state index in [-0.39, 0.29) is 0 Å². The second-order valence-corrected chi connectivity index (χ2v) is 5.95. The molecule has 6 heteroatoms. The minimum Gasteiger partial charge on any atom is -0.378 e. The summed E-state index contributed by atoms with van der Waals surface area (Å²) in [6, 6.07) is 10.9. The third kappa shape index (κ3) is 3.53. The third-order valence-electron chi connectivity index (χ3n) is 4.11. The van der Waals surface area contributed by atoms with Gasteiger partial charge in [0, 0.05) is 25.2 Å². The molecule has 0 bridgehead atoms. The Labute approximate surface area is 135 Å². The molecule has 23 heavy (non-hydrogen) atoms. The van der Waals surface area contributed by atoms with Gasteiger partial charge in [0.25, 0.3) is 0 Å². The largest absolute Gasteiger partial charge is 0.378 e. The molecule has 1 aromatic heterocycles. The van der Waals surface area contributed by atoms with Crippen molar-refractivity contribution in [3.8, 4) is 0 Å². The predicted molar refractivity (Wildman–Crippen MR) is 91.4 cm³/mol. The molecule has 120 valence electrons. The van der Waals surface area contributed by atoms with Gasteiger partial charge in [-0.3, -0.25) is 0 Å². The van der Waals surface area contributed by atoms with Crippen molar-refractivity contribution in [3.05, 3.63) is 36.7 Å². The maximum Gasteiger partial charge on any atom is 0.135 e. The highest BCUT2D eigenvalue weighted by atomic mass is 16.5. The second-order valence-electron chi connectivity index (χ2n) is 5.95. The number of hydrogen-bond donors (Lipinski definition) is 2. The number of aromatic nitrogens is 2. The number of morpholine rings is 1. The fraction of sp³-hybridized carbons (Fsp3) is 0.412. The summed E-state index contributed by atoms with van der Waals surface area (Å²) in [5, 5.41) is 6.83. The number of ether oxygens (including phenoxy) is 1. The number of hydrogen-bond acceptors (Lipinski definition) is 6. The number of benzene rings is 1. The maximum absolute atomic E-state index is 5.45. The van der Waals surface area contributed by atoms with E-state index in [1.165, 1.54) is 18.5 Å². The Balaban J connectivity index is 1.53. The first kappa shape index (κ1) is 14.3. The molecule has 2 aliphatic rings. The predicted octanol–water partition coefficient (Wildman–Crippen LogP) is 2.63. The summed E-state index contributed by atoms with van der Waals surface area (Å²) >= 11 is 0. The van der Waals surface area contributed by atoms with Gasteiger partial charge >= 0.3 is 0 Å². The Morgan fingerprint density at radius 1 is 1.04 bits per heavy atom. The first-order chi connectivity index (χ1) is 11.4. The summed E-state index contributed by atoms with van der Waals surface area (Å²) in [4.78, 5) is 11.0. The summed E-state index contributed by atoms with van der Waals surface area (Å²) in [5.74, 6) is 1.69. The lowest BCUT2D eigenvalue weighted by Crippen LogP contribution is -2.36. The number of rotatable bonds is 5. The highest BCUT2D eigenvalue weighted by molar-refractivity contribution is 5.74. The Morgan fingerprint density at radius 2 is 1.83 bits per heavy atom. The van der Waals surface area contributed by atoms with E-state index in [0.717, 1.165) is 43.6 Å². The van der Waals surface area contributed by atoms with E-state index in [9.17, 15) is 0 Å².